The molecule has 2 N–H and O–H groups in total. The van der Waals surface area contributed by atoms with Crippen molar-refractivity contribution < 1.29 is 13.9 Å². The predicted molar refractivity (Wildman–Crippen MR) is 66.7 cm³/mol. The highest BCUT2D eigenvalue weighted by Gasteiger charge is 2.18. The van der Waals surface area contributed by atoms with Crippen molar-refractivity contribution >= 4 is 5.91 Å². The summed E-state index contributed by atoms with van der Waals surface area (Å²) in [5.41, 5.74) is 0. The van der Waals surface area contributed by atoms with Crippen LogP contribution in [0.15, 0.2) is 0 Å². The van der Waals surface area contributed by atoms with Crippen molar-refractivity contribution in [1.29, 1.82) is 0 Å². The van der Waals surface area contributed by atoms with E-state index >= 15 is 0 Å². The van der Waals surface area contributed by atoms with E-state index in [0.29, 0.717) is 13.2 Å². The van der Waals surface area contributed by atoms with Crippen molar-refractivity contribution in [3.05, 3.63) is 0 Å². The molecule has 0 fully saturated rings. The Balaban J connectivity index is 3.66. The third-order valence-electron chi connectivity index (χ3n) is 2.41. The van der Waals surface area contributed by atoms with Crippen LogP contribution < -0.4 is 10.6 Å². The molecule has 1 amide bonds. The first-order valence-electron chi connectivity index (χ1n) is 6.23. The van der Waals surface area contributed by atoms with Crippen molar-refractivity contribution in [2.24, 2.45) is 5.92 Å². The van der Waals surface area contributed by atoms with E-state index in [0.717, 1.165) is 6.54 Å². The summed E-state index contributed by atoms with van der Waals surface area (Å²) in [5, 5.41) is 5.65. The second-order valence-corrected chi connectivity index (χ2v) is 4.35. The minimum atomic E-state index is -1.17. The number of carbonyl (C=O) groups excluding carboxylic acids is 1. The zero-order chi connectivity index (χ0) is 13.3. The molecule has 102 valence electrons. The summed E-state index contributed by atoms with van der Waals surface area (Å²) in [4.78, 5) is 11.2. The molecule has 0 bridgehead atoms. The summed E-state index contributed by atoms with van der Waals surface area (Å²) < 4.78 is 18.9. The normalized spacial score (nSPS) is 14.7. The van der Waals surface area contributed by atoms with Gasteiger partial charge in [0.1, 0.15) is 6.17 Å². The lowest BCUT2D eigenvalue weighted by Gasteiger charge is -2.18. The number of rotatable bonds is 9. The molecule has 0 rings (SSSR count). The van der Waals surface area contributed by atoms with Crippen molar-refractivity contribution in [3.8, 4) is 0 Å². The van der Waals surface area contributed by atoms with Crippen LogP contribution in [-0.2, 0) is 9.53 Å². The average molecular weight is 248 g/mol. The number of hydrogen-bond acceptors (Lipinski definition) is 3. The molecule has 0 heterocycles. The molecule has 17 heavy (non-hydrogen) atoms. The Morgan fingerprint density at radius 2 is 2.00 bits per heavy atom. The van der Waals surface area contributed by atoms with Crippen LogP contribution in [0.2, 0.25) is 0 Å². The molecule has 0 saturated heterocycles. The third-order valence-corrected chi connectivity index (χ3v) is 2.41. The van der Waals surface area contributed by atoms with E-state index in [1.54, 1.807) is 20.8 Å². The van der Waals surface area contributed by atoms with Crippen LogP contribution >= 0.6 is 0 Å². The Morgan fingerprint density at radius 3 is 2.53 bits per heavy atom. The number of likely N-dealkylation sites (N-methyl/N-ethyl adjacent to an activating group) is 1. The Kier molecular flexibility index (Phi) is 8.99. The summed E-state index contributed by atoms with van der Waals surface area (Å²) in [6.45, 7) is 9.32. The lowest BCUT2D eigenvalue weighted by atomic mass is 10.2. The molecule has 4 nitrogen and oxygen atoms in total. The van der Waals surface area contributed by atoms with Crippen LogP contribution in [-0.4, -0.2) is 44.4 Å². The van der Waals surface area contributed by atoms with E-state index in [1.165, 1.54) is 0 Å². The molecule has 0 aromatic rings. The molecule has 0 radical (unpaired) electrons. The zero-order valence-corrected chi connectivity index (χ0v) is 11.3. The summed E-state index contributed by atoms with van der Waals surface area (Å²) in [6.07, 6.45) is -1.67. The quantitative estimate of drug-likeness (QED) is 0.601. The first-order valence-corrected chi connectivity index (χ1v) is 6.23. The van der Waals surface area contributed by atoms with Gasteiger partial charge in [0, 0.05) is 12.5 Å². The molecule has 0 aromatic carbocycles. The van der Waals surface area contributed by atoms with Gasteiger partial charge in [-0.3, -0.25) is 4.79 Å². The van der Waals surface area contributed by atoms with E-state index in [9.17, 15) is 9.18 Å². The minimum Gasteiger partial charge on any atom is -0.374 e. The summed E-state index contributed by atoms with van der Waals surface area (Å²) in [6, 6.07) is 0. The highest BCUT2D eigenvalue weighted by atomic mass is 19.1. The van der Waals surface area contributed by atoms with E-state index in [2.05, 4.69) is 10.6 Å². The van der Waals surface area contributed by atoms with Gasteiger partial charge in [-0.1, -0.05) is 20.8 Å². The highest BCUT2D eigenvalue weighted by molar-refractivity contribution is 5.77. The molecule has 0 aromatic heterocycles. The van der Waals surface area contributed by atoms with Gasteiger partial charge in [-0.05, 0) is 13.5 Å². The summed E-state index contributed by atoms with van der Waals surface area (Å²) in [5.74, 6) is -0.250. The largest absolute Gasteiger partial charge is 0.374 e. The SMILES string of the molecule is CCNCCOC(C)C(F)CNC(=O)C(C)C. The van der Waals surface area contributed by atoms with Crippen molar-refractivity contribution in [1.82, 2.24) is 10.6 Å². The molecular weight excluding hydrogens is 223 g/mol. The lowest BCUT2D eigenvalue weighted by molar-refractivity contribution is -0.124. The van der Waals surface area contributed by atoms with Crippen LogP contribution in [0.1, 0.15) is 27.7 Å². The Morgan fingerprint density at radius 1 is 1.35 bits per heavy atom. The van der Waals surface area contributed by atoms with Gasteiger partial charge in [0.05, 0.1) is 19.3 Å². The topological polar surface area (TPSA) is 50.4 Å². The van der Waals surface area contributed by atoms with Crippen molar-refractivity contribution in [2.75, 3.05) is 26.2 Å². The molecule has 0 aliphatic heterocycles. The Bertz CT molecular complexity index is 213. The zero-order valence-electron chi connectivity index (χ0n) is 11.3. The highest BCUT2D eigenvalue weighted by Crippen LogP contribution is 2.03. The molecule has 0 aliphatic carbocycles. The van der Waals surface area contributed by atoms with Gasteiger partial charge in [0.15, 0.2) is 0 Å². The van der Waals surface area contributed by atoms with Gasteiger partial charge in [-0.15, -0.1) is 0 Å². The molecule has 0 saturated carbocycles. The molecular formula is C12H25FN2O2. The van der Waals surface area contributed by atoms with Crippen LogP contribution in [0.5, 0.6) is 0 Å². The fourth-order valence-electron chi connectivity index (χ4n) is 1.17. The average Bonchev–Trinajstić information content (AvgIpc) is 2.30. The Labute approximate surface area is 103 Å². The van der Waals surface area contributed by atoms with E-state index < -0.39 is 12.3 Å². The molecule has 5 heteroatoms. The van der Waals surface area contributed by atoms with Crippen LogP contribution in [0.25, 0.3) is 0 Å². The van der Waals surface area contributed by atoms with Crippen molar-refractivity contribution in [3.63, 3.8) is 0 Å². The minimum absolute atomic E-state index is 0.0133. The second kappa shape index (κ2) is 9.36. The number of alkyl halides is 1. The maximum absolute atomic E-state index is 13.6. The number of halogens is 1. The monoisotopic (exact) mass is 248 g/mol. The van der Waals surface area contributed by atoms with Crippen LogP contribution in [0.4, 0.5) is 4.39 Å². The first-order chi connectivity index (χ1) is 7.99. The van der Waals surface area contributed by atoms with Gasteiger partial charge in [0.25, 0.3) is 0 Å². The first kappa shape index (κ1) is 16.3. The summed E-state index contributed by atoms with van der Waals surface area (Å²) >= 11 is 0. The van der Waals surface area contributed by atoms with Crippen LogP contribution in [0.3, 0.4) is 0 Å². The van der Waals surface area contributed by atoms with Gasteiger partial charge >= 0.3 is 0 Å². The number of carbonyl (C=O) groups is 1. The fourth-order valence-corrected chi connectivity index (χ4v) is 1.17. The molecule has 0 aliphatic rings. The van der Waals surface area contributed by atoms with Gasteiger partial charge in [-0.25, -0.2) is 4.39 Å². The molecule has 0 spiro atoms. The maximum Gasteiger partial charge on any atom is 0.222 e. The number of nitrogens with one attached hydrogen (secondary N) is 2. The van der Waals surface area contributed by atoms with Crippen LogP contribution in [0, 0.1) is 5.92 Å². The Hall–Kier alpha value is -0.680. The fraction of sp³-hybridized carbons (Fsp3) is 0.917. The van der Waals surface area contributed by atoms with Gasteiger partial charge < -0.3 is 15.4 Å². The number of ether oxygens (including phenoxy) is 1. The van der Waals surface area contributed by atoms with E-state index in [-0.39, 0.29) is 18.4 Å². The standard InChI is InChI=1S/C12H25FN2O2/c1-5-14-6-7-17-10(4)11(13)8-15-12(16)9(2)3/h9-11,14H,5-8H2,1-4H3,(H,15,16). The van der Waals surface area contributed by atoms with E-state index in [4.69, 9.17) is 4.74 Å². The van der Waals surface area contributed by atoms with Gasteiger partial charge in [0.2, 0.25) is 5.91 Å². The summed E-state index contributed by atoms with van der Waals surface area (Å²) in [7, 11) is 0. The van der Waals surface area contributed by atoms with E-state index in [1.807, 2.05) is 6.92 Å². The maximum atomic E-state index is 13.6. The smallest absolute Gasteiger partial charge is 0.222 e. The number of hydrogen-bond donors (Lipinski definition) is 2. The molecule has 2 atom stereocenters. The van der Waals surface area contributed by atoms with Gasteiger partial charge in [-0.2, -0.15) is 0 Å². The van der Waals surface area contributed by atoms with Crippen molar-refractivity contribution in [2.45, 2.75) is 40.0 Å². The molecule has 2 unspecified atom stereocenters. The third kappa shape index (κ3) is 8.10. The number of amides is 1. The predicted octanol–water partition coefficient (Wildman–Crippen LogP) is 1.11. The lowest BCUT2D eigenvalue weighted by Crippen LogP contribution is -2.38. The second-order valence-electron chi connectivity index (χ2n) is 4.35.